The molecule has 6 heteroatoms. The van der Waals surface area contributed by atoms with Crippen LogP contribution in [0, 0.1) is 6.92 Å². The fourth-order valence-corrected chi connectivity index (χ4v) is 5.52. The number of para-hydroxylation sites is 2. The van der Waals surface area contributed by atoms with Crippen LogP contribution in [0.5, 0.6) is 5.75 Å². The van der Waals surface area contributed by atoms with Crippen LogP contribution < -0.4 is 15.4 Å². The van der Waals surface area contributed by atoms with Crippen LogP contribution >= 0.6 is 23.8 Å². The van der Waals surface area contributed by atoms with Crippen LogP contribution in [-0.4, -0.2) is 33.7 Å². The van der Waals surface area contributed by atoms with E-state index in [1.165, 1.54) is 0 Å². The summed E-state index contributed by atoms with van der Waals surface area (Å²) in [5.41, 5.74) is 3.07. The van der Waals surface area contributed by atoms with E-state index < -0.39 is 0 Å². The van der Waals surface area contributed by atoms with Crippen molar-refractivity contribution in [2.24, 2.45) is 0 Å². The van der Waals surface area contributed by atoms with Gasteiger partial charge in [0.05, 0.1) is 17.3 Å². The molecule has 0 unspecified atom stereocenters. The van der Waals surface area contributed by atoms with E-state index in [1.807, 2.05) is 44.2 Å². The molecule has 2 aromatic carbocycles. The van der Waals surface area contributed by atoms with Gasteiger partial charge in [0.2, 0.25) is 0 Å². The Labute approximate surface area is 203 Å². The molecular formula is C26H36ClN3OS. The first-order chi connectivity index (χ1) is 15.0. The van der Waals surface area contributed by atoms with Gasteiger partial charge in [-0.2, -0.15) is 0 Å². The SMILES string of the molecule is CCOc1ccccc1CN(C(=S)Nc1c(C)cccc1Cl)C1CC(C)(C)NC(C)(C)C1. The second kappa shape index (κ2) is 9.98. The predicted molar refractivity (Wildman–Crippen MR) is 140 cm³/mol. The zero-order valence-electron chi connectivity index (χ0n) is 20.1. The van der Waals surface area contributed by atoms with Crippen LogP contribution in [0.1, 0.15) is 58.6 Å². The van der Waals surface area contributed by atoms with Gasteiger partial charge >= 0.3 is 0 Å². The third-order valence-corrected chi connectivity index (χ3v) is 6.59. The number of hydrogen-bond acceptors (Lipinski definition) is 3. The van der Waals surface area contributed by atoms with Crippen LogP contribution in [0.15, 0.2) is 42.5 Å². The highest BCUT2D eigenvalue weighted by Gasteiger charge is 2.40. The van der Waals surface area contributed by atoms with E-state index in [0.717, 1.165) is 35.4 Å². The number of hydrogen-bond donors (Lipinski definition) is 2. The lowest BCUT2D eigenvalue weighted by atomic mass is 9.79. The summed E-state index contributed by atoms with van der Waals surface area (Å²) in [6.45, 7) is 14.4. The Bertz CT molecular complexity index is 924. The van der Waals surface area contributed by atoms with E-state index in [0.29, 0.717) is 23.3 Å². The van der Waals surface area contributed by atoms with Crippen molar-refractivity contribution in [3.8, 4) is 5.75 Å². The molecule has 1 saturated heterocycles. The number of aryl methyl sites for hydroxylation is 1. The highest BCUT2D eigenvalue weighted by molar-refractivity contribution is 7.80. The number of rotatable bonds is 6. The molecule has 1 fully saturated rings. The lowest BCUT2D eigenvalue weighted by Gasteiger charge is -2.50. The average molecular weight is 474 g/mol. The maximum absolute atomic E-state index is 6.51. The van der Waals surface area contributed by atoms with E-state index in [2.05, 4.69) is 55.4 Å². The summed E-state index contributed by atoms with van der Waals surface area (Å²) in [6, 6.07) is 14.4. The van der Waals surface area contributed by atoms with Gasteiger partial charge in [0.25, 0.3) is 0 Å². The van der Waals surface area contributed by atoms with Crippen molar-refractivity contribution in [2.75, 3.05) is 11.9 Å². The van der Waals surface area contributed by atoms with E-state index >= 15 is 0 Å². The monoisotopic (exact) mass is 473 g/mol. The molecule has 0 spiro atoms. The topological polar surface area (TPSA) is 36.5 Å². The van der Waals surface area contributed by atoms with E-state index in [4.69, 9.17) is 28.6 Å². The average Bonchev–Trinajstić information content (AvgIpc) is 2.68. The van der Waals surface area contributed by atoms with Gasteiger partial charge in [-0.3, -0.25) is 0 Å². The Morgan fingerprint density at radius 1 is 1.12 bits per heavy atom. The maximum atomic E-state index is 6.51. The third kappa shape index (κ3) is 6.15. The van der Waals surface area contributed by atoms with Gasteiger partial charge < -0.3 is 20.3 Å². The van der Waals surface area contributed by atoms with Gasteiger partial charge in [0, 0.05) is 29.2 Å². The maximum Gasteiger partial charge on any atom is 0.174 e. The smallest absolute Gasteiger partial charge is 0.174 e. The van der Waals surface area contributed by atoms with Crippen LogP contribution in [0.4, 0.5) is 5.69 Å². The van der Waals surface area contributed by atoms with Gasteiger partial charge in [-0.1, -0.05) is 41.9 Å². The Balaban J connectivity index is 1.96. The van der Waals surface area contributed by atoms with Crippen LogP contribution in [0.3, 0.4) is 0 Å². The molecule has 0 radical (unpaired) electrons. The largest absolute Gasteiger partial charge is 0.494 e. The van der Waals surface area contributed by atoms with Crippen molar-refractivity contribution in [1.82, 2.24) is 10.2 Å². The summed E-state index contributed by atoms with van der Waals surface area (Å²) in [5, 5.41) is 8.61. The van der Waals surface area contributed by atoms with Crippen molar-refractivity contribution < 1.29 is 4.74 Å². The normalized spacial score (nSPS) is 17.6. The molecule has 1 heterocycles. The minimum absolute atomic E-state index is 0.0000248. The first kappa shape index (κ1) is 24.8. The van der Waals surface area contributed by atoms with Crippen LogP contribution in [0.25, 0.3) is 0 Å². The zero-order chi connectivity index (χ0) is 23.5. The van der Waals surface area contributed by atoms with E-state index in [1.54, 1.807) is 0 Å². The highest BCUT2D eigenvalue weighted by atomic mass is 35.5. The molecule has 1 aliphatic rings. The lowest BCUT2D eigenvalue weighted by molar-refractivity contribution is 0.101. The van der Waals surface area contributed by atoms with Crippen molar-refractivity contribution >= 4 is 34.6 Å². The van der Waals surface area contributed by atoms with Gasteiger partial charge in [0.1, 0.15) is 5.75 Å². The standard InChI is InChI=1S/C26H36ClN3OS/c1-7-31-22-14-9-8-12-19(22)17-30(20-15-25(3,4)29-26(5,6)16-20)24(32)28-23-18(2)11-10-13-21(23)27/h8-14,20,29H,7,15-17H2,1-6H3,(H,28,32). The minimum atomic E-state index is 0.0000248. The molecular weight excluding hydrogens is 438 g/mol. The zero-order valence-corrected chi connectivity index (χ0v) is 21.7. The highest BCUT2D eigenvalue weighted by Crippen LogP contribution is 2.34. The van der Waals surface area contributed by atoms with Crippen LogP contribution in [-0.2, 0) is 6.54 Å². The summed E-state index contributed by atoms with van der Waals surface area (Å²) < 4.78 is 5.92. The van der Waals surface area contributed by atoms with Gasteiger partial charge in [-0.05, 0) is 84.3 Å². The third-order valence-electron chi connectivity index (χ3n) is 5.94. The molecule has 2 N–H and O–H groups in total. The number of ether oxygens (including phenoxy) is 1. The lowest BCUT2D eigenvalue weighted by Crippen LogP contribution is -2.63. The number of anilines is 1. The summed E-state index contributed by atoms with van der Waals surface area (Å²) in [4.78, 5) is 2.32. The fraction of sp³-hybridized carbons (Fsp3) is 0.500. The fourth-order valence-electron chi connectivity index (χ4n) is 4.94. The first-order valence-electron chi connectivity index (χ1n) is 11.3. The molecule has 3 rings (SSSR count). The van der Waals surface area contributed by atoms with Gasteiger partial charge in [-0.15, -0.1) is 0 Å². The molecule has 2 aromatic rings. The quantitative estimate of drug-likeness (QED) is 0.465. The molecule has 0 bridgehead atoms. The number of thiocarbonyl (C=S) groups is 1. The van der Waals surface area contributed by atoms with E-state index in [9.17, 15) is 0 Å². The van der Waals surface area contributed by atoms with Crippen LogP contribution in [0.2, 0.25) is 5.02 Å². The molecule has 0 amide bonds. The number of piperidine rings is 1. The Hall–Kier alpha value is -1.82. The summed E-state index contributed by atoms with van der Waals surface area (Å²) in [5.74, 6) is 0.907. The second-order valence-corrected chi connectivity index (χ2v) is 10.8. The Morgan fingerprint density at radius 3 is 2.41 bits per heavy atom. The molecule has 0 aliphatic carbocycles. The summed E-state index contributed by atoms with van der Waals surface area (Å²) in [7, 11) is 0. The van der Waals surface area contributed by atoms with E-state index in [-0.39, 0.29) is 17.1 Å². The number of benzene rings is 2. The van der Waals surface area contributed by atoms with Crippen molar-refractivity contribution in [2.45, 2.75) is 78.0 Å². The molecule has 0 atom stereocenters. The second-order valence-electron chi connectivity index (χ2n) is 9.99. The van der Waals surface area contributed by atoms with Crippen molar-refractivity contribution in [3.63, 3.8) is 0 Å². The Kier molecular flexibility index (Phi) is 7.74. The summed E-state index contributed by atoms with van der Waals surface area (Å²) >= 11 is 12.5. The van der Waals surface area contributed by atoms with Crippen molar-refractivity contribution in [3.05, 3.63) is 58.6 Å². The van der Waals surface area contributed by atoms with Crippen molar-refractivity contribution in [1.29, 1.82) is 0 Å². The van der Waals surface area contributed by atoms with Gasteiger partial charge in [-0.25, -0.2) is 0 Å². The number of halogens is 1. The first-order valence-corrected chi connectivity index (χ1v) is 12.1. The molecule has 32 heavy (non-hydrogen) atoms. The molecule has 4 nitrogen and oxygen atoms in total. The molecule has 174 valence electrons. The number of nitrogens with one attached hydrogen (secondary N) is 2. The van der Waals surface area contributed by atoms with Gasteiger partial charge in [0.15, 0.2) is 5.11 Å². The number of nitrogens with zero attached hydrogens (tertiary/aromatic N) is 1. The Morgan fingerprint density at radius 2 is 1.78 bits per heavy atom. The minimum Gasteiger partial charge on any atom is -0.494 e. The molecule has 0 saturated carbocycles. The summed E-state index contributed by atoms with van der Waals surface area (Å²) in [6.07, 6.45) is 1.97. The molecule has 1 aliphatic heterocycles. The molecule has 0 aromatic heterocycles. The predicted octanol–water partition coefficient (Wildman–Crippen LogP) is 6.56.